The van der Waals surface area contributed by atoms with E-state index in [1.54, 1.807) is 19.1 Å². The van der Waals surface area contributed by atoms with Gasteiger partial charge in [0.2, 0.25) is 0 Å². The fraction of sp³-hybridized carbons (Fsp3) is 0.500. The van der Waals surface area contributed by atoms with E-state index < -0.39 is 11.6 Å². The van der Waals surface area contributed by atoms with Crippen molar-refractivity contribution in [2.45, 2.75) is 57.0 Å². The molecule has 0 spiro atoms. The number of nitrogens with two attached hydrogens (primary N) is 1. The molecule has 4 nitrogen and oxygen atoms in total. The highest BCUT2D eigenvalue weighted by molar-refractivity contribution is 5.80. The monoisotopic (exact) mass is 301 g/mol. The van der Waals surface area contributed by atoms with E-state index in [4.69, 9.17) is 5.73 Å². The molecule has 1 unspecified atom stereocenters. The second kappa shape index (κ2) is 6.85. The van der Waals surface area contributed by atoms with Crippen LogP contribution in [0.15, 0.2) is 18.2 Å². The Kier molecular flexibility index (Phi) is 5.10. The average molecular weight is 301 g/mol. The fourth-order valence-corrected chi connectivity index (χ4v) is 3.21. The van der Waals surface area contributed by atoms with Gasteiger partial charge >= 0.3 is 5.97 Å². The number of aliphatic hydroxyl groups is 1. The molecule has 1 aromatic rings. The van der Waals surface area contributed by atoms with Crippen LogP contribution in [0.1, 0.15) is 62.5 Å². The van der Waals surface area contributed by atoms with Crippen LogP contribution in [-0.4, -0.2) is 16.2 Å². The van der Waals surface area contributed by atoms with Crippen molar-refractivity contribution in [3.05, 3.63) is 29.3 Å². The molecule has 4 heteroatoms. The van der Waals surface area contributed by atoms with E-state index in [2.05, 4.69) is 11.8 Å². The summed E-state index contributed by atoms with van der Waals surface area (Å²) < 4.78 is 0. The summed E-state index contributed by atoms with van der Waals surface area (Å²) in [4.78, 5) is 11.7. The Morgan fingerprint density at radius 2 is 2.05 bits per heavy atom. The van der Waals surface area contributed by atoms with E-state index in [9.17, 15) is 15.0 Å². The van der Waals surface area contributed by atoms with Gasteiger partial charge in [-0.15, -0.1) is 5.92 Å². The van der Waals surface area contributed by atoms with Gasteiger partial charge in [-0.05, 0) is 48.9 Å². The van der Waals surface area contributed by atoms with Crippen molar-refractivity contribution in [3.63, 3.8) is 0 Å². The van der Waals surface area contributed by atoms with Crippen LogP contribution in [0.5, 0.6) is 0 Å². The van der Waals surface area contributed by atoms with Gasteiger partial charge in [-0.3, -0.25) is 0 Å². The number of hydrogen-bond acceptors (Lipinski definition) is 3. The molecule has 1 aromatic carbocycles. The first-order valence-corrected chi connectivity index (χ1v) is 7.74. The van der Waals surface area contributed by atoms with Crippen LogP contribution in [0.25, 0.3) is 0 Å². The summed E-state index contributed by atoms with van der Waals surface area (Å²) in [5, 5.41) is 20.3. The zero-order valence-electron chi connectivity index (χ0n) is 12.9. The third-order valence-electron chi connectivity index (χ3n) is 4.44. The van der Waals surface area contributed by atoms with Crippen LogP contribution in [-0.2, 0) is 10.4 Å². The zero-order chi connectivity index (χ0) is 16.2. The van der Waals surface area contributed by atoms with E-state index in [1.807, 2.05) is 6.07 Å². The number of anilines is 1. The first-order chi connectivity index (χ1) is 10.5. The highest BCUT2D eigenvalue weighted by Crippen LogP contribution is 2.39. The summed E-state index contributed by atoms with van der Waals surface area (Å²) >= 11 is 0. The van der Waals surface area contributed by atoms with Crippen LogP contribution in [0.3, 0.4) is 0 Å². The maximum Gasteiger partial charge on any atom is 0.341 e. The second-order valence-corrected chi connectivity index (χ2v) is 5.95. The molecule has 1 fully saturated rings. The molecule has 22 heavy (non-hydrogen) atoms. The van der Waals surface area contributed by atoms with Crippen molar-refractivity contribution in [1.29, 1.82) is 0 Å². The molecule has 4 N–H and O–H groups in total. The maximum absolute atomic E-state index is 11.7. The van der Waals surface area contributed by atoms with E-state index in [0.29, 0.717) is 11.3 Å². The van der Waals surface area contributed by atoms with Crippen molar-refractivity contribution < 1.29 is 15.0 Å². The molecular weight excluding hydrogens is 278 g/mol. The van der Waals surface area contributed by atoms with Gasteiger partial charge in [0, 0.05) is 5.69 Å². The molecule has 0 aliphatic heterocycles. The highest BCUT2D eigenvalue weighted by Gasteiger charge is 2.40. The molecule has 1 saturated carbocycles. The molecule has 118 valence electrons. The molecule has 0 radical (unpaired) electrons. The maximum atomic E-state index is 11.7. The number of benzene rings is 1. The number of carboxylic acid groups (broad SMARTS) is 1. The summed E-state index contributed by atoms with van der Waals surface area (Å²) in [5.41, 5.74) is 5.81. The lowest BCUT2D eigenvalue weighted by molar-refractivity contribution is -0.159. The van der Waals surface area contributed by atoms with Crippen LogP contribution in [0.2, 0.25) is 0 Å². The van der Waals surface area contributed by atoms with Crippen molar-refractivity contribution in [2.24, 2.45) is 0 Å². The topological polar surface area (TPSA) is 83.5 Å². The minimum Gasteiger partial charge on any atom is -0.479 e. The van der Waals surface area contributed by atoms with Crippen LogP contribution in [0, 0.1) is 11.8 Å². The Balaban J connectivity index is 2.51. The standard InChI is InChI=1S/C18H23NO3/c1-2-3-11-18(22,17(20)21)16-10-9-14(19)12-15(16)13-7-5-4-6-8-13/h9-10,12-13,22H,4-8,11,19H2,1H3,(H,20,21). The first kappa shape index (κ1) is 16.4. The molecule has 1 atom stereocenters. The lowest BCUT2D eigenvalue weighted by Gasteiger charge is -2.30. The lowest BCUT2D eigenvalue weighted by atomic mass is 9.77. The van der Waals surface area contributed by atoms with Gasteiger partial charge in [-0.25, -0.2) is 4.79 Å². The molecular formula is C18H23NO3. The quantitative estimate of drug-likeness (QED) is 0.589. The number of hydrogen-bond donors (Lipinski definition) is 3. The predicted octanol–water partition coefficient (Wildman–Crippen LogP) is 3.00. The smallest absolute Gasteiger partial charge is 0.341 e. The molecule has 0 aromatic heterocycles. The molecule has 0 heterocycles. The molecule has 1 aliphatic carbocycles. The van der Waals surface area contributed by atoms with Gasteiger partial charge in [-0.1, -0.05) is 31.2 Å². The molecule has 1 aliphatic rings. The molecule has 2 rings (SSSR count). The average Bonchev–Trinajstić information content (AvgIpc) is 2.53. The second-order valence-electron chi connectivity index (χ2n) is 5.95. The third-order valence-corrected chi connectivity index (χ3v) is 4.44. The Morgan fingerprint density at radius 1 is 1.36 bits per heavy atom. The number of carboxylic acids is 1. The summed E-state index contributed by atoms with van der Waals surface area (Å²) in [6.45, 7) is 1.63. The molecule has 0 saturated heterocycles. The van der Waals surface area contributed by atoms with Gasteiger partial charge < -0.3 is 15.9 Å². The Morgan fingerprint density at radius 3 is 2.64 bits per heavy atom. The molecule has 0 bridgehead atoms. The van der Waals surface area contributed by atoms with Gasteiger partial charge in [-0.2, -0.15) is 0 Å². The number of carbonyl (C=O) groups is 1. The largest absolute Gasteiger partial charge is 0.479 e. The van der Waals surface area contributed by atoms with Crippen molar-refractivity contribution in [2.75, 3.05) is 5.73 Å². The number of rotatable bonds is 4. The van der Waals surface area contributed by atoms with E-state index in [0.717, 1.165) is 31.2 Å². The lowest BCUT2D eigenvalue weighted by Crippen LogP contribution is -2.36. The highest BCUT2D eigenvalue weighted by atomic mass is 16.4. The minimum atomic E-state index is -1.98. The van der Waals surface area contributed by atoms with Crippen molar-refractivity contribution in [1.82, 2.24) is 0 Å². The summed E-state index contributed by atoms with van der Waals surface area (Å²) in [5.74, 6) is 4.35. The number of nitrogen functional groups attached to an aromatic ring is 1. The molecule has 0 amide bonds. The van der Waals surface area contributed by atoms with Crippen LogP contribution in [0.4, 0.5) is 5.69 Å². The normalized spacial score (nSPS) is 18.1. The SMILES string of the molecule is CC#CCC(O)(C(=O)O)c1ccc(N)cc1C1CCCCC1. The van der Waals surface area contributed by atoms with Gasteiger partial charge in [0.05, 0.1) is 6.42 Å². The Hall–Kier alpha value is -1.99. The van der Waals surface area contributed by atoms with Crippen LogP contribution >= 0.6 is 0 Å². The van der Waals surface area contributed by atoms with Crippen LogP contribution < -0.4 is 5.73 Å². The summed E-state index contributed by atoms with van der Waals surface area (Å²) in [6, 6.07) is 5.11. The van der Waals surface area contributed by atoms with E-state index >= 15 is 0 Å². The van der Waals surface area contributed by atoms with E-state index in [1.165, 1.54) is 6.42 Å². The Labute approximate surface area is 131 Å². The van der Waals surface area contributed by atoms with Crippen molar-refractivity contribution >= 4 is 11.7 Å². The minimum absolute atomic E-state index is 0.123. The van der Waals surface area contributed by atoms with Gasteiger partial charge in [0.25, 0.3) is 0 Å². The van der Waals surface area contributed by atoms with Gasteiger partial charge in [0.15, 0.2) is 5.60 Å². The summed E-state index contributed by atoms with van der Waals surface area (Å²) in [6.07, 6.45) is 5.34. The fourth-order valence-electron chi connectivity index (χ4n) is 3.21. The van der Waals surface area contributed by atoms with E-state index in [-0.39, 0.29) is 12.3 Å². The van der Waals surface area contributed by atoms with Crippen molar-refractivity contribution in [3.8, 4) is 11.8 Å². The zero-order valence-corrected chi connectivity index (χ0v) is 12.9. The van der Waals surface area contributed by atoms with Gasteiger partial charge in [0.1, 0.15) is 0 Å². The Bertz CT molecular complexity index is 608. The predicted molar refractivity (Wildman–Crippen MR) is 86.3 cm³/mol. The summed E-state index contributed by atoms with van der Waals surface area (Å²) in [7, 11) is 0. The third kappa shape index (κ3) is 3.26. The number of aliphatic carboxylic acids is 1. The first-order valence-electron chi connectivity index (χ1n) is 7.74.